The van der Waals surface area contributed by atoms with E-state index >= 15 is 0 Å². The Labute approximate surface area is 128 Å². The number of rotatable bonds is 4. The normalized spacial score (nSPS) is 22.5. The molecular weight excluding hydrogens is 292 g/mol. The fraction of sp³-hybridized carbons (Fsp3) is 0.562. The summed E-state index contributed by atoms with van der Waals surface area (Å²) in [5.74, 6) is -4.94. The van der Waals surface area contributed by atoms with E-state index in [-0.39, 0.29) is 31.4 Å². The third-order valence-electron chi connectivity index (χ3n) is 4.00. The van der Waals surface area contributed by atoms with Crippen LogP contribution in [0.5, 0.6) is 5.75 Å². The molecule has 2 unspecified atom stereocenters. The number of carbonyl (C=O) groups is 1. The van der Waals surface area contributed by atoms with Gasteiger partial charge in [-0.25, -0.2) is 0 Å². The van der Waals surface area contributed by atoms with Crippen molar-refractivity contribution in [2.75, 3.05) is 19.7 Å². The molecule has 0 bridgehead atoms. The van der Waals surface area contributed by atoms with Crippen LogP contribution in [0.1, 0.15) is 25.8 Å². The van der Waals surface area contributed by atoms with Crippen molar-refractivity contribution in [3.05, 3.63) is 29.8 Å². The number of amides is 1. The summed E-state index contributed by atoms with van der Waals surface area (Å²) in [5, 5.41) is 9.81. The molecule has 0 spiro atoms. The van der Waals surface area contributed by atoms with Crippen LogP contribution in [0.3, 0.4) is 0 Å². The first-order valence-electron chi connectivity index (χ1n) is 7.45. The minimum atomic E-state index is -3.67. The molecule has 1 aliphatic heterocycles. The van der Waals surface area contributed by atoms with Crippen molar-refractivity contribution in [2.45, 2.75) is 32.3 Å². The number of hydrogen-bond donors (Lipinski definition) is 1. The van der Waals surface area contributed by atoms with Gasteiger partial charge in [0, 0.05) is 13.1 Å². The summed E-state index contributed by atoms with van der Waals surface area (Å²) in [7, 11) is 0. The molecule has 1 saturated heterocycles. The second-order valence-electron chi connectivity index (χ2n) is 5.59. The lowest BCUT2D eigenvalue weighted by Gasteiger charge is -2.36. The van der Waals surface area contributed by atoms with E-state index < -0.39 is 23.5 Å². The Morgan fingerprint density at radius 1 is 1.45 bits per heavy atom. The van der Waals surface area contributed by atoms with Gasteiger partial charge in [0.1, 0.15) is 5.75 Å². The van der Waals surface area contributed by atoms with Crippen molar-refractivity contribution in [1.82, 2.24) is 4.90 Å². The number of carbonyl (C=O) groups excluding carboxylic acids is 1. The van der Waals surface area contributed by atoms with E-state index in [1.54, 1.807) is 13.0 Å². The lowest BCUT2D eigenvalue weighted by Crippen LogP contribution is -2.50. The maximum absolute atomic E-state index is 14.6. The van der Waals surface area contributed by atoms with Crippen LogP contribution < -0.4 is 4.74 Å². The van der Waals surface area contributed by atoms with Crippen molar-refractivity contribution >= 4 is 5.91 Å². The minimum absolute atomic E-state index is 0.00776. The molecule has 0 saturated carbocycles. The molecule has 0 aromatic heterocycles. The monoisotopic (exact) mass is 313 g/mol. The van der Waals surface area contributed by atoms with Gasteiger partial charge in [0.2, 0.25) is 0 Å². The number of halogens is 2. The summed E-state index contributed by atoms with van der Waals surface area (Å²) in [5.41, 5.74) is -0.435. The molecule has 2 atom stereocenters. The Hall–Kier alpha value is -1.69. The van der Waals surface area contributed by atoms with Crippen molar-refractivity contribution in [1.29, 1.82) is 0 Å². The Bertz CT molecular complexity index is 536. The number of alkyl halides is 2. The highest BCUT2D eigenvalue weighted by atomic mass is 19.3. The highest BCUT2D eigenvalue weighted by Crippen LogP contribution is 2.37. The molecule has 0 radical (unpaired) electrons. The number of benzene rings is 1. The molecule has 4 nitrogen and oxygen atoms in total. The molecule has 0 aliphatic carbocycles. The molecular formula is C16H21F2NO3. The van der Waals surface area contributed by atoms with Gasteiger partial charge in [-0.3, -0.25) is 4.79 Å². The number of para-hydroxylation sites is 1. The first kappa shape index (κ1) is 16.7. The van der Waals surface area contributed by atoms with Crippen molar-refractivity contribution < 1.29 is 23.4 Å². The third kappa shape index (κ3) is 3.21. The minimum Gasteiger partial charge on any atom is -0.493 e. The van der Waals surface area contributed by atoms with E-state index in [1.807, 2.05) is 6.92 Å². The maximum Gasteiger partial charge on any atom is 0.353 e. The smallest absolute Gasteiger partial charge is 0.353 e. The number of piperidine rings is 1. The summed E-state index contributed by atoms with van der Waals surface area (Å²) in [6, 6.07) is 5.66. The predicted octanol–water partition coefficient (Wildman–Crippen LogP) is 2.41. The number of likely N-dealkylation sites (tertiary alicyclic amines) is 1. The van der Waals surface area contributed by atoms with Crippen molar-refractivity contribution in [2.24, 2.45) is 5.92 Å². The van der Waals surface area contributed by atoms with Crippen LogP contribution >= 0.6 is 0 Å². The van der Waals surface area contributed by atoms with Crippen LogP contribution in [0.2, 0.25) is 0 Å². The SMILES string of the molecule is CCOc1ccccc1C(F)(F)C(=O)N1CCC(C)C(O)C1. The molecule has 1 fully saturated rings. The predicted molar refractivity (Wildman–Crippen MR) is 77.9 cm³/mol. The molecule has 1 N–H and O–H groups in total. The molecule has 1 heterocycles. The Morgan fingerprint density at radius 3 is 2.77 bits per heavy atom. The first-order valence-corrected chi connectivity index (χ1v) is 7.45. The number of aliphatic hydroxyl groups excluding tert-OH is 1. The van der Waals surface area contributed by atoms with Gasteiger partial charge in [0.15, 0.2) is 0 Å². The fourth-order valence-electron chi connectivity index (χ4n) is 2.55. The number of β-amino-alcohol motifs (C(OH)–C–C–N with tert-alkyl or cyclic N) is 1. The summed E-state index contributed by atoms with van der Waals surface area (Å²) >= 11 is 0. The molecule has 1 aliphatic rings. The molecule has 6 heteroatoms. The van der Waals surface area contributed by atoms with Crippen LogP contribution in [-0.2, 0) is 10.7 Å². The Morgan fingerprint density at radius 2 is 2.14 bits per heavy atom. The van der Waals surface area contributed by atoms with Crippen molar-refractivity contribution in [3.63, 3.8) is 0 Å². The lowest BCUT2D eigenvalue weighted by molar-refractivity contribution is -0.163. The van der Waals surface area contributed by atoms with Gasteiger partial charge in [-0.2, -0.15) is 8.78 Å². The Balaban J connectivity index is 2.24. The summed E-state index contributed by atoms with van der Waals surface area (Å²) in [4.78, 5) is 13.3. The topological polar surface area (TPSA) is 49.8 Å². The highest BCUT2D eigenvalue weighted by Gasteiger charge is 2.47. The van der Waals surface area contributed by atoms with E-state index in [4.69, 9.17) is 4.74 Å². The van der Waals surface area contributed by atoms with Gasteiger partial charge in [0.25, 0.3) is 5.91 Å². The van der Waals surface area contributed by atoms with E-state index in [9.17, 15) is 18.7 Å². The zero-order valence-electron chi connectivity index (χ0n) is 12.8. The molecule has 1 amide bonds. The van der Waals surface area contributed by atoms with Crippen molar-refractivity contribution in [3.8, 4) is 5.75 Å². The molecule has 1 aromatic rings. The molecule has 122 valence electrons. The quantitative estimate of drug-likeness (QED) is 0.928. The van der Waals surface area contributed by atoms with Crippen LogP contribution in [-0.4, -0.2) is 41.7 Å². The summed E-state index contributed by atoms with van der Waals surface area (Å²) < 4.78 is 34.4. The van der Waals surface area contributed by atoms with Crippen LogP contribution in [0.25, 0.3) is 0 Å². The molecule has 1 aromatic carbocycles. The Kier molecular flexibility index (Phi) is 5.01. The van der Waals surface area contributed by atoms with Crippen LogP contribution in [0.4, 0.5) is 8.78 Å². The zero-order chi connectivity index (χ0) is 16.3. The van der Waals surface area contributed by atoms with Gasteiger partial charge in [0.05, 0.1) is 18.3 Å². The van der Waals surface area contributed by atoms with Crippen LogP contribution in [0.15, 0.2) is 24.3 Å². The van der Waals surface area contributed by atoms with E-state index in [2.05, 4.69) is 0 Å². The lowest BCUT2D eigenvalue weighted by atomic mass is 9.95. The number of hydrogen-bond acceptors (Lipinski definition) is 3. The second-order valence-corrected chi connectivity index (χ2v) is 5.59. The fourth-order valence-corrected chi connectivity index (χ4v) is 2.55. The first-order chi connectivity index (χ1) is 10.4. The summed E-state index contributed by atoms with van der Waals surface area (Å²) in [6.45, 7) is 3.94. The zero-order valence-corrected chi connectivity index (χ0v) is 12.8. The van der Waals surface area contributed by atoms with Crippen LogP contribution in [0, 0.1) is 5.92 Å². The number of ether oxygens (including phenoxy) is 1. The van der Waals surface area contributed by atoms with E-state index in [1.165, 1.54) is 18.2 Å². The van der Waals surface area contributed by atoms with Gasteiger partial charge >= 0.3 is 5.92 Å². The van der Waals surface area contributed by atoms with E-state index in [0.717, 1.165) is 4.90 Å². The van der Waals surface area contributed by atoms with Gasteiger partial charge in [-0.05, 0) is 31.4 Å². The molecule has 2 rings (SSSR count). The van der Waals surface area contributed by atoms with E-state index in [0.29, 0.717) is 6.42 Å². The highest BCUT2D eigenvalue weighted by molar-refractivity contribution is 5.85. The average molecular weight is 313 g/mol. The third-order valence-corrected chi connectivity index (χ3v) is 4.00. The van der Waals surface area contributed by atoms with Gasteiger partial charge in [-0.15, -0.1) is 0 Å². The molecule has 22 heavy (non-hydrogen) atoms. The second kappa shape index (κ2) is 6.60. The standard InChI is InChI=1S/C16H21F2NO3/c1-3-22-14-7-5-4-6-12(14)16(17,18)15(21)19-9-8-11(2)13(20)10-19/h4-7,11,13,20H,3,8-10H2,1-2H3. The number of aliphatic hydroxyl groups is 1. The maximum atomic E-state index is 14.6. The van der Waals surface area contributed by atoms with Gasteiger partial charge < -0.3 is 14.7 Å². The summed E-state index contributed by atoms with van der Waals surface area (Å²) in [6.07, 6.45) is -0.258. The largest absolute Gasteiger partial charge is 0.493 e. The van der Waals surface area contributed by atoms with Gasteiger partial charge in [-0.1, -0.05) is 19.1 Å². The average Bonchev–Trinajstić information content (AvgIpc) is 2.50. The number of nitrogens with zero attached hydrogens (tertiary/aromatic N) is 1.